The first-order valence-electron chi connectivity index (χ1n) is 23.4. The summed E-state index contributed by atoms with van der Waals surface area (Å²) in [6.07, 6.45) is 0.353. The van der Waals surface area contributed by atoms with E-state index in [0.717, 1.165) is 0 Å². The first kappa shape index (κ1) is 58.2. The molecule has 0 aliphatic rings. The number of phenolic OH excluding ortho intramolecular Hbond substituents is 1. The molecule has 390 valence electrons. The predicted octanol–water partition coefficient (Wildman–Crippen LogP) is -1.47. The number of esters is 1. The highest BCUT2D eigenvalue weighted by atomic mass is 16.5. The summed E-state index contributed by atoms with van der Waals surface area (Å²) in [5.74, 6) is -7.32. The van der Waals surface area contributed by atoms with E-state index in [1.807, 2.05) is 0 Å². The fourth-order valence-corrected chi connectivity index (χ4v) is 6.99. The average Bonchev–Trinajstić information content (AvgIpc) is 3.34. The van der Waals surface area contributed by atoms with E-state index in [1.165, 1.54) is 19.1 Å². The lowest BCUT2D eigenvalue weighted by molar-refractivity contribution is -0.156. The summed E-state index contributed by atoms with van der Waals surface area (Å²) >= 11 is 0. The highest BCUT2D eigenvalue weighted by molar-refractivity contribution is 6.36. The second-order valence-corrected chi connectivity index (χ2v) is 17.4. The highest BCUT2D eigenvalue weighted by Crippen LogP contribution is 2.13. The van der Waals surface area contributed by atoms with Crippen LogP contribution in [0.25, 0.3) is 0 Å². The van der Waals surface area contributed by atoms with Gasteiger partial charge in [-0.2, -0.15) is 0 Å². The van der Waals surface area contributed by atoms with Crippen molar-refractivity contribution < 1.29 is 48.2 Å². The quantitative estimate of drug-likeness (QED) is 0.0119. The van der Waals surface area contributed by atoms with Gasteiger partial charge in [-0.05, 0) is 80.2 Å². The van der Waals surface area contributed by atoms with Crippen LogP contribution in [0.15, 0.2) is 94.9 Å². The van der Waals surface area contributed by atoms with Gasteiger partial charge >= 0.3 is 5.97 Å². The Kier molecular flexibility index (Phi) is 24.7. The molecule has 0 bridgehead atoms. The number of Topliss-reactive ketones (excluding diaryl/α,β-unsaturated/α-hetero) is 1. The highest BCUT2D eigenvalue weighted by Gasteiger charge is 2.34. The third-order valence-electron chi connectivity index (χ3n) is 10.7. The Morgan fingerprint density at radius 1 is 0.569 bits per heavy atom. The number of guanidine groups is 2. The van der Waals surface area contributed by atoms with Crippen LogP contribution in [-0.2, 0) is 62.5 Å². The average molecular weight is 1000 g/mol. The monoisotopic (exact) mass is 1000 g/mol. The van der Waals surface area contributed by atoms with Gasteiger partial charge in [-0.25, -0.2) is 4.79 Å². The molecule has 0 radical (unpaired) electrons. The fraction of sp³-hybridized carbons (Fsp3) is 0.429. The number of hydrogen-bond acceptors (Lipinski definition) is 13. The van der Waals surface area contributed by atoms with Crippen LogP contribution in [0.2, 0.25) is 0 Å². The Labute approximate surface area is 418 Å². The van der Waals surface area contributed by atoms with E-state index in [-0.39, 0.29) is 88.2 Å². The number of nitrogens with two attached hydrogens (primary N) is 5. The molecule has 6 atom stereocenters. The lowest BCUT2D eigenvalue weighted by Crippen LogP contribution is -2.59. The van der Waals surface area contributed by atoms with Gasteiger partial charge in [0.25, 0.3) is 5.78 Å². The van der Waals surface area contributed by atoms with Crippen LogP contribution in [-0.4, -0.2) is 120 Å². The van der Waals surface area contributed by atoms with Crippen molar-refractivity contribution in [3.63, 3.8) is 0 Å². The molecule has 6 amide bonds. The minimum Gasteiger partial charge on any atom is -0.508 e. The molecule has 0 spiro atoms. The molecule has 3 rings (SSSR count). The number of nitrogens with one attached hydrogen (secondary N) is 6. The van der Waals surface area contributed by atoms with Crippen molar-refractivity contribution in [2.24, 2.45) is 44.6 Å². The Balaban J connectivity index is 1.78. The minimum absolute atomic E-state index is 0.0318. The van der Waals surface area contributed by atoms with Gasteiger partial charge in [0, 0.05) is 19.5 Å². The standard InChI is InChI=1S/C49H69N13O10/c1-29(2)24-38(45(69)61-37(17-11-23-56-49(53)54)44(68)60-36(16-10-22-55-48(51)52)41(65)47(71)72-28-33-14-8-5-9-15-33)62-46(70)39(26-31-12-6-4-7-13-31)59-40(64)27-57-42(66)30(3)58-43(67)35(50)25-32-18-20-34(63)21-19-32/h4-9,12-15,18-21,29-30,35-39,63H,10-11,16-17,22-28,50H2,1-3H3,(H,57,66)(H,58,67)(H,59,64)(H,60,68)(H,61,69)(H,62,70)(H4,51,52,55)(H4,53,54,56)/t30-,35+,36+,37+,38+,39+/m1/s1. The SMILES string of the molecule is CC(C)C[C@H](NC(=O)[C@H](Cc1ccccc1)NC(=O)CNC(=O)[C@@H](C)NC(=O)[C@@H](N)Cc1ccc(O)cc1)C(=O)N[C@@H](CCCN=C(N)N)C(=O)N[C@@H](CCCN=C(N)N)C(=O)C(=O)OCc1ccccc1. The molecule has 0 unspecified atom stereocenters. The number of ketones is 1. The predicted molar refractivity (Wildman–Crippen MR) is 269 cm³/mol. The molecule has 0 aliphatic heterocycles. The van der Waals surface area contributed by atoms with E-state index in [0.29, 0.717) is 16.7 Å². The molecule has 0 saturated carbocycles. The van der Waals surface area contributed by atoms with Crippen LogP contribution >= 0.6 is 0 Å². The van der Waals surface area contributed by atoms with E-state index in [1.54, 1.807) is 86.6 Å². The number of aliphatic imine (C=N–C) groups is 2. The maximum Gasteiger partial charge on any atom is 0.377 e. The van der Waals surface area contributed by atoms with Gasteiger partial charge in [0.1, 0.15) is 36.5 Å². The molecule has 17 N–H and O–H groups in total. The Morgan fingerprint density at radius 2 is 1.07 bits per heavy atom. The second-order valence-electron chi connectivity index (χ2n) is 17.4. The van der Waals surface area contributed by atoms with Crippen LogP contribution < -0.4 is 60.6 Å². The lowest BCUT2D eigenvalue weighted by Gasteiger charge is -2.27. The normalized spacial score (nSPS) is 13.3. The molecule has 23 nitrogen and oxygen atoms in total. The van der Waals surface area contributed by atoms with Crippen molar-refractivity contribution in [1.29, 1.82) is 0 Å². The molecule has 0 heterocycles. The van der Waals surface area contributed by atoms with Crippen molar-refractivity contribution in [3.05, 3.63) is 102 Å². The van der Waals surface area contributed by atoms with Crippen molar-refractivity contribution >= 4 is 59.1 Å². The van der Waals surface area contributed by atoms with Crippen molar-refractivity contribution in [3.8, 4) is 5.75 Å². The number of hydrogen-bond donors (Lipinski definition) is 12. The summed E-state index contributed by atoms with van der Waals surface area (Å²) in [6.45, 7) is 4.34. The van der Waals surface area contributed by atoms with Gasteiger partial charge in [-0.1, -0.05) is 86.6 Å². The van der Waals surface area contributed by atoms with E-state index in [2.05, 4.69) is 41.9 Å². The van der Waals surface area contributed by atoms with Crippen LogP contribution in [0.4, 0.5) is 0 Å². The number of amides is 6. The van der Waals surface area contributed by atoms with Crippen LogP contribution in [0, 0.1) is 5.92 Å². The number of carbonyl (C=O) groups excluding carboxylic acids is 8. The summed E-state index contributed by atoms with van der Waals surface area (Å²) in [6, 6.07) is 16.0. The molecular formula is C49H69N13O10. The first-order valence-corrected chi connectivity index (χ1v) is 23.4. The van der Waals surface area contributed by atoms with E-state index >= 15 is 0 Å². The third kappa shape index (κ3) is 22.1. The molecule has 3 aromatic carbocycles. The maximum absolute atomic E-state index is 14.2. The van der Waals surface area contributed by atoms with Gasteiger partial charge in [0.05, 0.1) is 18.6 Å². The van der Waals surface area contributed by atoms with Crippen LogP contribution in [0.1, 0.15) is 69.6 Å². The van der Waals surface area contributed by atoms with E-state index < -0.39 is 90.0 Å². The van der Waals surface area contributed by atoms with Crippen LogP contribution in [0.5, 0.6) is 5.75 Å². The van der Waals surface area contributed by atoms with Crippen LogP contribution in [0.3, 0.4) is 0 Å². The summed E-state index contributed by atoms with van der Waals surface area (Å²) in [7, 11) is 0. The third-order valence-corrected chi connectivity index (χ3v) is 10.7. The number of benzene rings is 3. The molecule has 3 aromatic rings. The smallest absolute Gasteiger partial charge is 0.377 e. The fourth-order valence-electron chi connectivity index (χ4n) is 6.99. The molecular weight excluding hydrogens is 931 g/mol. The van der Waals surface area contributed by atoms with E-state index in [9.17, 15) is 43.5 Å². The maximum atomic E-state index is 14.2. The number of aromatic hydroxyl groups is 1. The molecule has 72 heavy (non-hydrogen) atoms. The lowest BCUT2D eigenvalue weighted by atomic mass is 10.00. The van der Waals surface area contributed by atoms with Gasteiger partial charge in [-0.15, -0.1) is 0 Å². The first-order chi connectivity index (χ1) is 34.2. The van der Waals surface area contributed by atoms with Crippen molar-refractivity contribution in [2.75, 3.05) is 19.6 Å². The molecule has 23 heteroatoms. The summed E-state index contributed by atoms with van der Waals surface area (Å²) < 4.78 is 5.26. The summed E-state index contributed by atoms with van der Waals surface area (Å²) in [5, 5.41) is 25.1. The van der Waals surface area contributed by atoms with Gasteiger partial charge in [0.15, 0.2) is 11.9 Å². The number of ether oxygens (including phenoxy) is 1. The molecule has 0 fully saturated rings. The molecule has 0 saturated heterocycles. The van der Waals surface area contributed by atoms with Crippen molar-refractivity contribution in [2.45, 2.75) is 109 Å². The van der Waals surface area contributed by atoms with Gasteiger partial charge < -0.3 is 70.4 Å². The van der Waals surface area contributed by atoms with E-state index in [4.69, 9.17) is 33.4 Å². The zero-order valence-electron chi connectivity index (χ0n) is 40.8. The van der Waals surface area contributed by atoms with Gasteiger partial charge in [0.2, 0.25) is 35.4 Å². The number of rotatable bonds is 30. The zero-order valence-corrected chi connectivity index (χ0v) is 40.8. The zero-order chi connectivity index (χ0) is 53.2. The summed E-state index contributed by atoms with van der Waals surface area (Å²) in [5.41, 5.74) is 29.9. The Hall–Kier alpha value is -8.08. The summed E-state index contributed by atoms with van der Waals surface area (Å²) in [4.78, 5) is 116. The topological polar surface area (TPSA) is 393 Å². The molecule has 0 aromatic heterocycles. The minimum atomic E-state index is -1.42. The number of phenols is 1. The second kappa shape index (κ2) is 30.5. The Bertz CT molecular complexity index is 2330. The van der Waals surface area contributed by atoms with Crippen molar-refractivity contribution in [1.82, 2.24) is 31.9 Å². The number of nitrogens with zero attached hydrogens (tertiary/aromatic N) is 2. The van der Waals surface area contributed by atoms with Gasteiger partial charge in [-0.3, -0.25) is 43.5 Å². The molecule has 0 aliphatic carbocycles. The largest absolute Gasteiger partial charge is 0.508 e. The Morgan fingerprint density at radius 3 is 1.64 bits per heavy atom. The number of carbonyl (C=O) groups is 8.